The van der Waals surface area contributed by atoms with E-state index in [4.69, 9.17) is 0 Å². The van der Waals surface area contributed by atoms with Crippen LogP contribution in [0.15, 0.2) is 65.4 Å². The molecule has 0 radical (unpaired) electrons. The van der Waals surface area contributed by atoms with Crippen molar-refractivity contribution >= 4 is 26.7 Å². The first-order chi connectivity index (χ1) is 10.1. The highest BCUT2D eigenvalue weighted by atomic mass is 79.9. The van der Waals surface area contributed by atoms with Crippen LogP contribution in [0.3, 0.4) is 0 Å². The normalized spacial score (nSPS) is 14.0. The van der Waals surface area contributed by atoms with E-state index in [1.807, 2.05) is 61.7 Å². The Hall–Kier alpha value is -1.71. The average molecular weight is 342 g/mol. The summed E-state index contributed by atoms with van der Waals surface area (Å²) >= 11 is 3.48. The molecule has 2 nitrogen and oxygen atoms in total. The van der Waals surface area contributed by atoms with Gasteiger partial charge in [-0.1, -0.05) is 53.2 Å². The lowest BCUT2D eigenvalue weighted by molar-refractivity contribution is 0.0780. The van der Waals surface area contributed by atoms with Crippen LogP contribution < -0.4 is 0 Å². The lowest BCUT2D eigenvalue weighted by Crippen LogP contribution is -2.26. The molecule has 0 amide bonds. The maximum atomic E-state index is 11.3. The van der Waals surface area contributed by atoms with Crippen LogP contribution in [0.25, 0.3) is 10.8 Å². The van der Waals surface area contributed by atoms with Gasteiger partial charge in [-0.15, -0.1) is 0 Å². The van der Waals surface area contributed by atoms with Crippen molar-refractivity contribution in [1.82, 2.24) is 4.98 Å². The molecule has 0 aliphatic carbocycles. The smallest absolute Gasteiger partial charge is 0.115 e. The maximum absolute atomic E-state index is 11.3. The Morgan fingerprint density at radius 1 is 1.14 bits per heavy atom. The highest BCUT2D eigenvalue weighted by molar-refractivity contribution is 9.10. The molecule has 0 spiro atoms. The minimum Gasteiger partial charge on any atom is -0.380 e. The lowest BCUT2D eigenvalue weighted by atomic mass is 9.82. The van der Waals surface area contributed by atoms with Crippen molar-refractivity contribution in [3.63, 3.8) is 0 Å². The summed E-state index contributed by atoms with van der Waals surface area (Å²) in [6.45, 7) is 2.00. The van der Waals surface area contributed by atoms with E-state index in [9.17, 15) is 5.11 Å². The summed E-state index contributed by atoms with van der Waals surface area (Å²) in [5, 5.41) is 13.4. The van der Waals surface area contributed by atoms with Crippen LogP contribution in [0.2, 0.25) is 0 Å². The van der Waals surface area contributed by atoms with Crippen LogP contribution in [-0.2, 0) is 5.60 Å². The highest BCUT2D eigenvalue weighted by Gasteiger charge is 2.31. The number of pyridine rings is 1. The van der Waals surface area contributed by atoms with Gasteiger partial charge in [-0.25, -0.2) is 0 Å². The van der Waals surface area contributed by atoms with Crippen LogP contribution in [0, 0.1) is 0 Å². The molecule has 1 aromatic heterocycles. The number of hydrogen-bond donors (Lipinski definition) is 1. The van der Waals surface area contributed by atoms with Gasteiger partial charge in [0.2, 0.25) is 0 Å². The van der Waals surface area contributed by atoms with Gasteiger partial charge in [0.25, 0.3) is 0 Å². The van der Waals surface area contributed by atoms with Gasteiger partial charge in [-0.05, 0) is 41.1 Å². The van der Waals surface area contributed by atoms with Crippen molar-refractivity contribution in [2.75, 3.05) is 0 Å². The van der Waals surface area contributed by atoms with Gasteiger partial charge in [0.1, 0.15) is 5.60 Å². The number of rotatable bonds is 3. The van der Waals surface area contributed by atoms with E-state index in [0.717, 1.165) is 26.4 Å². The number of hydrogen-bond acceptors (Lipinski definition) is 2. The fourth-order valence-electron chi connectivity index (χ4n) is 2.78. The minimum absolute atomic E-state index is 0.602. The summed E-state index contributed by atoms with van der Waals surface area (Å²) in [5.41, 5.74) is 0.802. The Labute approximate surface area is 132 Å². The summed E-state index contributed by atoms with van der Waals surface area (Å²) < 4.78 is 0.966. The van der Waals surface area contributed by atoms with Crippen molar-refractivity contribution in [1.29, 1.82) is 0 Å². The van der Waals surface area contributed by atoms with Crippen LogP contribution in [-0.4, -0.2) is 10.1 Å². The van der Waals surface area contributed by atoms with Gasteiger partial charge in [0.15, 0.2) is 0 Å². The SMILES string of the molecule is CCC(O)(c1cccc(Br)c1)c1cccc2cnccc12. The minimum atomic E-state index is -1.01. The first-order valence-electron chi connectivity index (χ1n) is 6.97. The fraction of sp³-hybridized carbons (Fsp3) is 0.167. The number of aromatic nitrogens is 1. The summed E-state index contributed by atoms with van der Waals surface area (Å²) in [6.07, 6.45) is 4.20. The molecule has 106 valence electrons. The van der Waals surface area contributed by atoms with Crippen LogP contribution in [0.4, 0.5) is 0 Å². The molecule has 1 N–H and O–H groups in total. The van der Waals surface area contributed by atoms with Crippen molar-refractivity contribution in [3.05, 3.63) is 76.5 Å². The van der Waals surface area contributed by atoms with E-state index < -0.39 is 5.60 Å². The van der Waals surface area contributed by atoms with Crippen molar-refractivity contribution in [3.8, 4) is 0 Å². The summed E-state index contributed by atoms with van der Waals surface area (Å²) in [4.78, 5) is 4.16. The second kappa shape index (κ2) is 5.58. The summed E-state index contributed by atoms with van der Waals surface area (Å²) in [6, 6.07) is 15.8. The monoisotopic (exact) mass is 341 g/mol. The second-order valence-electron chi connectivity index (χ2n) is 5.13. The molecule has 21 heavy (non-hydrogen) atoms. The van der Waals surface area contributed by atoms with Crippen molar-refractivity contribution in [2.24, 2.45) is 0 Å². The van der Waals surface area contributed by atoms with E-state index in [0.29, 0.717) is 6.42 Å². The summed E-state index contributed by atoms with van der Waals surface area (Å²) in [7, 11) is 0. The topological polar surface area (TPSA) is 33.1 Å². The molecule has 1 atom stereocenters. The Bertz CT molecular complexity index is 782. The van der Waals surface area contributed by atoms with E-state index in [1.165, 1.54) is 0 Å². The van der Waals surface area contributed by atoms with Crippen molar-refractivity contribution in [2.45, 2.75) is 18.9 Å². The van der Waals surface area contributed by atoms with Gasteiger partial charge in [-0.2, -0.15) is 0 Å². The van der Waals surface area contributed by atoms with E-state index in [2.05, 4.69) is 20.9 Å². The Morgan fingerprint density at radius 3 is 2.71 bits per heavy atom. The number of fused-ring (bicyclic) bond motifs is 1. The molecular weight excluding hydrogens is 326 g/mol. The molecule has 1 unspecified atom stereocenters. The van der Waals surface area contributed by atoms with Gasteiger partial charge >= 0.3 is 0 Å². The number of nitrogens with zero attached hydrogens (tertiary/aromatic N) is 1. The number of benzene rings is 2. The first-order valence-corrected chi connectivity index (χ1v) is 7.76. The number of halogens is 1. The molecule has 0 aliphatic heterocycles. The zero-order valence-electron chi connectivity index (χ0n) is 11.8. The van der Waals surface area contributed by atoms with Crippen LogP contribution >= 0.6 is 15.9 Å². The van der Waals surface area contributed by atoms with Gasteiger partial charge < -0.3 is 5.11 Å². The molecule has 3 rings (SSSR count). The molecule has 1 heterocycles. The molecule has 3 heteroatoms. The number of aliphatic hydroxyl groups is 1. The van der Waals surface area contributed by atoms with E-state index in [-0.39, 0.29) is 0 Å². The maximum Gasteiger partial charge on any atom is 0.115 e. The van der Waals surface area contributed by atoms with Crippen molar-refractivity contribution < 1.29 is 5.11 Å². The molecule has 2 aromatic carbocycles. The Balaban J connectivity index is 2.27. The third-order valence-electron chi connectivity index (χ3n) is 3.94. The Kier molecular flexibility index (Phi) is 3.79. The first kappa shape index (κ1) is 14.2. The second-order valence-corrected chi connectivity index (χ2v) is 6.04. The third kappa shape index (κ3) is 2.47. The average Bonchev–Trinajstić information content (AvgIpc) is 2.53. The quantitative estimate of drug-likeness (QED) is 0.752. The summed E-state index contributed by atoms with van der Waals surface area (Å²) in [5.74, 6) is 0. The molecule has 3 aromatic rings. The van der Waals surface area contributed by atoms with Gasteiger partial charge in [0, 0.05) is 22.3 Å². The predicted octanol–water partition coefficient (Wildman–Crippen LogP) is 4.64. The molecular formula is C18H16BrNO. The molecule has 0 fully saturated rings. The van der Waals surface area contributed by atoms with E-state index >= 15 is 0 Å². The van der Waals surface area contributed by atoms with E-state index in [1.54, 1.807) is 6.20 Å². The molecule has 0 bridgehead atoms. The molecule has 0 aliphatic rings. The van der Waals surface area contributed by atoms with Crippen LogP contribution in [0.5, 0.6) is 0 Å². The Morgan fingerprint density at radius 2 is 1.95 bits per heavy atom. The van der Waals surface area contributed by atoms with Crippen LogP contribution in [0.1, 0.15) is 24.5 Å². The largest absolute Gasteiger partial charge is 0.380 e. The third-order valence-corrected chi connectivity index (χ3v) is 4.43. The predicted molar refractivity (Wildman–Crippen MR) is 89.2 cm³/mol. The standard InChI is InChI=1S/C18H16BrNO/c1-2-18(21,14-6-4-7-15(19)11-14)17-8-3-5-13-12-20-10-9-16(13)17/h3-12,21H,2H2,1H3. The van der Waals surface area contributed by atoms with Gasteiger partial charge in [0.05, 0.1) is 0 Å². The van der Waals surface area contributed by atoms with Gasteiger partial charge in [-0.3, -0.25) is 4.98 Å². The molecule has 0 saturated carbocycles. The molecule has 0 saturated heterocycles. The fourth-order valence-corrected chi connectivity index (χ4v) is 3.18. The zero-order chi connectivity index (χ0) is 14.9. The highest BCUT2D eigenvalue weighted by Crippen LogP contribution is 2.37. The lowest BCUT2D eigenvalue weighted by Gasteiger charge is -2.29. The zero-order valence-corrected chi connectivity index (χ0v) is 13.3.